The lowest BCUT2D eigenvalue weighted by atomic mass is 10.1. The Kier molecular flexibility index (Phi) is 6.57. The van der Waals surface area contributed by atoms with Crippen LogP contribution in [0.4, 0.5) is 5.69 Å². The van der Waals surface area contributed by atoms with E-state index in [0.29, 0.717) is 23.4 Å². The van der Waals surface area contributed by atoms with E-state index in [1.165, 1.54) is 0 Å². The fraction of sp³-hybridized carbons (Fsp3) is 0.300. The average molecular weight is 340 g/mol. The molecular formula is C20H24N2O3. The number of carbonyl (C=O) groups is 2. The Morgan fingerprint density at radius 3 is 2.00 bits per heavy atom. The van der Waals surface area contributed by atoms with Crippen LogP contribution in [0.3, 0.4) is 0 Å². The molecule has 0 atom stereocenters. The van der Waals surface area contributed by atoms with Crippen LogP contribution in [-0.2, 0) is 0 Å². The number of ether oxygens (including phenoxy) is 1. The van der Waals surface area contributed by atoms with E-state index in [9.17, 15) is 9.59 Å². The number of anilines is 1. The summed E-state index contributed by atoms with van der Waals surface area (Å²) in [5, 5.41) is 5.63. The van der Waals surface area contributed by atoms with Gasteiger partial charge in [-0.05, 0) is 68.8 Å². The molecule has 0 aliphatic carbocycles. The zero-order valence-corrected chi connectivity index (χ0v) is 14.8. The van der Waals surface area contributed by atoms with E-state index < -0.39 is 0 Å². The maximum absolute atomic E-state index is 12.3. The Hall–Kier alpha value is -2.82. The monoisotopic (exact) mass is 340 g/mol. The second-order valence-corrected chi connectivity index (χ2v) is 5.98. The molecule has 5 heteroatoms. The number of hydrogen-bond acceptors (Lipinski definition) is 3. The largest absolute Gasteiger partial charge is 0.491 e. The van der Waals surface area contributed by atoms with Gasteiger partial charge in [-0.15, -0.1) is 0 Å². The summed E-state index contributed by atoms with van der Waals surface area (Å²) in [6.45, 7) is 6.55. The molecule has 0 saturated heterocycles. The molecule has 5 nitrogen and oxygen atoms in total. The van der Waals surface area contributed by atoms with Gasteiger partial charge in [0.1, 0.15) is 5.75 Å². The number of nitrogens with one attached hydrogen (secondary N) is 2. The molecule has 0 bridgehead atoms. The van der Waals surface area contributed by atoms with Crippen LogP contribution < -0.4 is 15.4 Å². The number of carbonyl (C=O) groups excluding carboxylic acids is 2. The van der Waals surface area contributed by atoms with Crippen LogP contribution in [-0.4, -0.2) is 24.5 Å². The van der Waals surface area contributed by atoms with Crippen molar-refractivity contribution in [2.75, 3.05) is 11.9 Å². The Balaban J connectivity index is 1.97. The molecule has 2 rings (SSSR count). The van der Waals surface area contributed by atoms with Crippen molar-refractivity contribution in [3.05, 3.63) is 59.7 Å². The molecule has 0 aromatic heterocycles. The summed E-state index contributed by atoms with van der Waals surface area (Å²) < 4.78 is 5.57. The molecule has 0 unspecified atom stereocenters. The van der Waals surface area contributed by atoms with Gasteiger partial charge in [-0.3, -0.25) is 9.59 Å². The number of benzene rings is 2. The Morgan fingerprint density at radius 1 is 0.920 bits per heavy atom. The highest BCUT2D eigenvalue weighted by Crippen LogP contribution is 2.17. The minimum absolute atomic E-state index is 0.105. The van der Waals surface area contributed by atoms with Crippen LogP contribution >= 0.6 is 0 Å². The predicted octanol–water partition coefficient (Wildman–Crippen LogP) is 3.87. The molecule has 0 radical (unpaired) electrons. The molecule has 0 saturated carbocycles. The summed E-state index contributed by atoms with van der Waals surface area (Å²) in [4.78, 5) is 24.1. The first-order valence-electron chi connectivity index (χ1n) is 8.46. The molecular weight excluding hydrogens is 316 g/mol. The van der Waals surface area contributed by atoms with Crippen LogP contribution in [0.1, 0.15) is 47.9 Å². The fourth-order valence-electron chi connectivity index (χ4n) is 2.21. The third kappa shape index (κ3) is 5.64. The summed E-state index contributed by atoms with van der Waals surface area (Å²) in [5.74, 6) is 0.406. The average Bonchev–Trinajstić information content (AvgIpc) is 2.61. The molecule has 0 aliphatic heterocycles. The van der Waals surface area contributed by atoms with E-state index in [1.807, 2.05) is 32.9 Å². The van der Waals surface area contributed by atoms with Crippen LogP contribution in [0.5, 0.6) is 5.75 Å². The normalized spacial score (nSPS) is 10.4. The zero-order chi connectivity index (χ0) is 18.2. The van der Waals surface area contributed by atoms with E-state index >= 15 is 0 Å². The van der Waals surface area contributed by atoms with Gasteiger partial charge in [0, 0.05) is 23.4 Å². The maximum Gasteiger partial charge on any atom is 0.255 e. The molecule has 0 fully saturated rings. The molecule has 2 amide bonds. The van der Waals surface area contributed by atoms with Gasteiger partial charge >= 0.3 is 0 Å². The highest BCUT2D eigenvalue weighted by molar-refractivity contribution is 6.05. The SMILES string of the molecule is CCCNC(=O)c1ccc(C(=O)Nc2ccc(OC(C)C)cc2)cc1. The van der Waals surface area contributed by atoms with Crippen molar-refractivity contribution in [3.63, 3.8) is 0 Å². The minimum atomic E-state index is -0.224. The lowest BCUT2D eigenvalue weighted by Gasteiger charge is -2.11. The Bertz CT molecular complexity index is 707. The molecule has 0 heterocycles. The van der Waals surface area contributed by atoms with E-state index in [1.54, 1.807) is 36.4 Å². The second-order valence-electron chi connectivity index (χ2n) is 5.98. The van der Waals surface area contributed by atoms with Gasteiger partial charge < -0.3 is 15.4 Å². The smallest absolute Gasteiger partial charge is 0.255 e. The van der Waals surface area contributed by atoms with Crippen LogP contribution in [0, 0.1) is 0 Å². The lowest BCUT2D eigenvalue weighted by Crippen LogP contribution is -2.24. The standard InChI is InChI=1S/C20H24N2O3/c1-4-13-21-19(23)15-5-7-16(8-6-15)20(24)22-17-9-11-18(12-10-17)25-14(2)3/h5-12,14H,4,13H2,1-3H3,(H,21,23)(H,22,24). The number of rotatable bonds is 7. The van der Waals surface area contributed by atoms with Crippen molar-refractivity contribution < 1.29 is 14.3 Å². The first kappa shape index (κ1) is 18.5. The quantitative estimate of drug-likeness (QED) is 0.804. The summed E-state index contributed by atoms with van der Waals surface area (Å²) in [5.41, 5.74) is 1.72. The Labute approximate surface area is 148 Å². The molecule has 25 heavy (non-hydrogen) atoms. The van der Waals surface area contributed by atoms with E-state index in [2.05, 4.69) is 10.6 Å². The lowest BCUT2D eigenvalue weighted by molar-refractivity contribution is 0.0951. The summed E-state index contributed by atoms with van der Waals surface area (Å²) in [6.07, 6.45) is 0.987. The van der Waals surface area contributed by atoms with Gasteiger partial charge in [0.05, 0.1) is 6.10 Å². The van der Waals surface area contributed by atoms with Gasteiger partial charge in [0.25, 0.3) is 11.8 Å². The molecule has 2 aromatic rings. The van der Waals surface area contributed by atoms with Crippen LogP contribution in [0.25, 0.3) is 0 Å². The third-order valence-electron chi connectivity index (χ3n) is 3.43. The molecule has 2 aromatic carbocycles. The van der Waals surface area contributed by atoms with Crippen molar-refractivity contribution in [2.45, 2.75) is 33.3 Å². The van der Waals surface area contributed by atoms with Gasteiger partial charge in [-0.2, -0.15) is 0 Å². The molecule has 132 valence electrons. The van der Waals surface area contributed by atoms with E-state index in [-0.39, 0.29) is 17.9 Å². The molecule has 0 aliphatic rings. The van der Waals surface area contributed by atoms with E-state index in [0.717, 1.165) is 12.2 Å². The second kappa shape index (κ2) is 8.87. The minimum Gasteiger partial charge on any atom is -0.491 e. The molecule has 2 N–H and O–H groups in total. The summed E-state index contributed by atoms with van der Waals surface area (Å²) >= 11 is 0. The topological polar surface area (TPSA) is 67.4 Å². The Morgan fingerprint density at radius 2 is 1.48 bits per heavy atom. The van der Waals surface area contributed by atoms with Crippen molar-refractivity contribution in [1.82, 2.24) is 5.32 Å². The van der Waals surface area contributed by atoms with Gasteiger partial charge in [0.15, 0.2) is 0 Å². The predicted molar refractivity (Wildman–Crippen MR) is 99.2 cm³/mol. The van der Waals surface area contributed by atoms with Crippen molar-refractivity contribution in [1.29, 1.82) is 0 Å². The zero-order valence-electron chi connectivity index (χ0n) is 14.8. The number of hydrogen-bond donors (Lipinski definition) is 2. The van der Waals surface area contributed by atoms with Crippen LogP contribution in [0.2, 0.25) is 0 Å². The highest BCUT2D eigenvalue weighted by Gasteiger charge is 2.09. The highest BCUT2D eigenvalue weighted by atomic mass is 16.5. The molecule has 0 spiro atoms. The maximum atomic E-state index is 12.3. The summed E-state index contributed by atoms with van der Waals surface area (Å²) in [6, 6.07) is 13.8. The van der Waals surface area contributed by atoms with Gasteiger partial charge in [-0.1, -0.05) is 6.92 Å². The first-order chi connectivity index (χ1) is 12.0. The van der Waals surface area contributed by atoms with Crippen molar-refractivity contribution >= 4 is 17.5 Å². The van der Waals surface area contributed by atoms with Crippen molar-refractivity contribution in [2.24, 2.45) is 0 Å². The number of amides is 2. The first-order valence-corrected chi connectivity index (χ1v) is 8.46. The fourth-order valence-corrected chi connectivity index (χ4v) is 2.21. The van der Waals surface area contributed by atoms with Crippen LogP contribution in [0.15, 0.2) is 48.5 Å². The third-order valence-corrected chi connectivity index (χ3v) is 3.43. The van der Waals surface area contributed by atoms with Crippen molar-refractivity contribution in [3.8, 4) is 5.75 Å². The van der Waals surface area contributed by atoms with E-state index in [4.69, 9.17) is 4.74 Å². The van der Waals surface area contributed by atoms with Gasteiger partial charge in [-0.25, -0.2) is 0 Å². The van der Waals surface area contributed by atoms with Gasteiger partial charge in [0.2, 0.25) is 0 Å². The summed E-state index contributed by atoms with van der Waals surface area (Å²) in [7, 11) is 0.